The molecule has 1 aliphatic heterocycles. The zero-order valence-corrected chi connectivity index (χ0v) is 13.1. The minimum absolute atomic E-state index is 0.121. The van der Waals surface area contributed by atoms with Gasteiger partial charge in [0.1, 0.15) is 0 Å². The highest BCUT2D eigenvalue weighted by atomic mass is 127. The van der Waals surface area contributed by atoms with Gasteiger partial charge in [0.15, 0.2) is 5.17 Å². The number of amidine groups is 1. The molecular weight excluding hydrogens is 343 g/mol. The summed E-state index contributed by atoms with van der Waals surface area (Å²) >= 11 is 4.15. The summed E-state index contributed by atoms with van der Waals surface area (Å²) in [7, 11) is 0. The third-order valence-corrected chi connectivity index (χ3v) is 4.63. The zero-order valence-electron chi connectivity index (χ0n) is 10.2. The van der Waals surface area contributed by atoms with Crippen molar-refractivity contribution in [2.24, 2.45) is 4.99 Å². The van der Waals surface area contributed by atoms with Crippen molar-refractivity contribution < 1.29 is 0 Å². The molecule has 0 bridgehead atoms. The molecule has 0 saturated heterocycles. The van der Waals surface area contributed by atoms with Crippen LogP contribution in [-0.4, -0.2) is 16.5 Å². The molecule has 0 radical (unpaired) electrons. The quantitative estimate of drug-likeness (QED) is 0.793. The fraction of sp³-hybridized carbons (Fsp3) is 0.462. The predicted octanol–water partition coefficient (Wildman–Crippen LogP) is 4.36. The van der Waals surface area contributed by atoms with Crippen LogP contribution in [0.25, 0.3) is 0 Å². The first-order valence-corrected chi connectivity index (χ1v) is 7.93. The van der Waals surface area contributed by atoms with Crippen LogP contribution in [0.5, 0.6) is 0 Å². The molecule has 2 nitrogen and oxygen atoms in total. The number of thioether (sulfide) groups is 1. The van der Waals surface area contributed by atoms with E-state index in [0.29, 0.717) is 0 Å². The third kappa shape index (κ3) is 3.61. The summed E-state index contributed by atoms with van der Waals surface area (Å²) in [5.74, 6) is 1.15. The minimum Gasteiger partial charge on any atom is -0.335 e. The van der Waals surface area contributed by atoms with Gasteiger partial charge >= 0.3 is 0 Å². The zero-order chi connectivity index (χ0) is 12.3. The molecule has 92 valence electrons. The lowest BCUT2D eigenvalue weighted by molar-refractivity contribution is 0.443. The summed E-state index contributed by atoms with van der Waals surface area (Å²) in [6.07, 6.45) is 2.27. The molecule has 1 N–H and O–H groups in total. The van der Waals surface area contributed by atoms with E-state index in [1.807, 2.05) is 11.8 Å². The number of halogens is 1. The van der Waals surface area contributed by atoms with E-state index < -0.39 is 0 Å². The van der Waals surface area contributed by atoms with Crippen LogP contribution in [0.4, 0.5) is 5.69 Å². The Morgan fingerprint density at radius 2 is 2.35 bits per heavy atom. The van der Waals surface area contributed by atoms with Crippen LogP contribution in [-0.2, 0) is 0 Å². The average molecular weight is 360 g/mol. The molecule has 1 unspecified atom stereocenters. The molecule has 4 heteroatoms. The molecule has 0 fully saturated rings. The summed E-state index contributed by atoms with van der Waals surface area (Å²) in [6.45, 7) is 4.45. The maximum atomic E-state index is 4.82. The van der Waals surface area contributed by atoms with Crippen LogP contribution in [0.3, 0.4) is 0 Å². The maximum Gasteiger partial charge on any atom is 0.161 e. The van der Waals surface area contributed by atoms with Crippen molar-refractivity contribution >= 4 is 45.2 Å². The SMILES string of the molecule is CCC1(C)CCSC(Nc2cccc(I)c2)=N1. The van der Waals surface area contributed by atoms with E-state index in [1.165, 1.54) is 9.99 Å². The van der Waals surface area contributed by atoms with Gasteiger partial charge in [0.25, 0.3) is 0 Å². The lowest BCUT2D eigenvalue weighted by atomic mass is 9.97. The smallest absolute Gasteiger partial charge is 0.161 e. The summed E-state index contributed by atoms with van der Waals surface area (Å²) in [5, 5.41) is 4.48. The normalized spacial score (nSPS) is 24.3. The number of nitrogens with one attached hydrogen (secondary N) is 1. The van der Waals surface area contributed by atoms with Crippen molar-refractivity contribution in [1.29, 1.82) is 0 Å². The Labute approximate surface area is 121 Å². The number of nitrogens with zero attached hydrogens (tertiary/aromatic N) is 1. The van der Waals surface area contributed by atoms with E-state index in [1.54, 1.807) is 0 Å². The van der Waals surface area contributed by atoms with Crippen molar-refractivity contribution in [3.8, 4) is 0 Å². The Hall–Kier alpha value is -0.230. The standard InChI is InChI=1S/C13H17IN2S/c1-3-13(2)7-8-17-12(16-13)15-11-6-4-5-10(14)9-11/h4-6,9H,3,7-8H2,1-2H3,(H,15,16). The maximum absolute atomic E-state index is 4.82. The third-order valence-electron chi connectivity index (χ3n) is 3.09. The number of benzene rings is 1. The van der Waals surface area contributed by atoms with Gasteiger partial charge in [0.05, 0.1) is 5.54 Å². The van der Waals surface area contributed by atoms with Gasteiger partial charge in [-0.3, -0.25) is 4.99 Å². The second-order valence-electron chi connectivity index (χ2n) is 4.50. The predicted molar refractivity (Wildman–Crippen MR) is 86.0 cm³/mol. The molecule has 1 heterocycles. The summed E-state index contributed by atoms with van der Waals surface area (Å²) < 4.78 is 1.24. The van der Waals surface area contributed by atoms with Gasteiger partial charge in [-0.25, -0.2) is 0 Å². The first-order valence-electron chi connectivity index (χ1n) is 5.86. The molecule has 1 atom stereocenters. The van der Waals surface area contributed by atoms with E-state index in [9.17, 15) is 0 Å². The lowest BCUT2D eigenvalue weighted by Gasteiger charge is -2.29. The van der Waals surface area contributed by atoms with Gasteiger partial charge in [0.2, 0.25) is 0 Å². The van der Waals surface area contributed by atoms with Crippen molar-refractivity contribution in [3.05, 3.63) is 27.8 Å². The highest BCUT2D eigenvalue weighted by Gasteiger charge is 2.25. The van der Waals surface area contributed by atoms with Crippen LogP contribution >= 0.6 is 34.4 Å². The second-order valence-corrected chi connectivity index (χ2v) is 6.83. The molecule has 0 amide bonds. The highest BCUT2D eigenvalue weighted by Crippen LogP contribution is 2.29. The summed E-state index contributed by atoms with van der Waals surface area (Å²) in [6, 6.07) is 8.39. The van der Waals surface area contributed by atoms with Gasteiger partial charge in [0, 0.05) is 15.0 Å². The van der Waals surface area contributed by atoms with Crippen molar-refractivity contribution in [2.45, 2.75) is 32.2 Å². The molecule has 0 aromatic heterocycles. The van der Waals surface area contributed by atoms with Gasteiger partial charge < -0.3 is 5.32 Å². The largest absolute Gasteiger partial charge is 0.335 e. The molecule has 1 aromatic carbocycles. The Morgan fingerprint density at radius 3 is 3.06 bits per heavy atom. The number of anilines is 1. The van der Waals surface area contributed by atoms with E-state index >= 15 is 0 Å². The fourth-order valence-electron chi connectivity index (χ4n) is 1.71. The Bertz CT molecular complexity index is 433. The topological polar surface area (TPSA) is 24.4 Å². The van der Waals surface area contributed by atoms with Crippen LogP contribution < -0.4 is 5.32 Å². The Balaban J connectivity index is 2.13. The summed E-state index contributed by atoms with van der Waals surface area (Å²) in [5.41, 5.74) is 1.25. The minimum atomic E-state index is 0.121. The first kappa shape index (κ1) is 13.2. The fourth-order valence-corrected chi connectivity index (χ4v) is 3.46. The molecule has 2 rings (SSSR count). The van der Waals surface area contributed by atoms with Crippen molar-refractivity contribution in [1.82, 2.24) is 0 Å². The van der Waals surface area contributed by atoms with E-state index in [4.69, 9.17) is 4.99 Å². The van der Waals surface area contributed by atoms with Gasteiger partial charge in [-0.05, 0) is 60.6 Å². The number of rotatable bonds is 2. The van der Waals surface area contributed by atoms with E-state index in [2.05, 4.69) is 66.0 Å². The molecule has 17 heavy (non-hydrogen) atoms. The molecule has 1 aliphatic rings. The van der Waals surface area contributed by atoms with Gasteiger partial charge in [-0.15, -0.1) is 0 Å². The van der Waals surface area contributed by atoms with Gasteiger partial charge in [-0.1, -0.05) is 24.8 Å². The number of hydrogen-bond donors (Lipinski definition) is 1. The van der Waals surface area contributed by atoms with Crippen LogP contribution in [0.15, 0.2) is 29.3 Å². The average Bonchev–Trinajstić information content (AvgIpc) is 2.29. The van der Waals surface area contributed by atoms with E-state index in [0.717, 1.165) is 23.0 Å². The Kier molecular flexibility index (Phi) is 4.36. The second kappa shape index (κ2) is 5.61. The molecule has 0 aliphatic carbocycles. The van der Waals surface area contributed by atoms with Gasteiger partial charge in [-0.2, -0.15) is 0 Å². The number of aliphatic imine (C=N–C) groups is 1. The summed E-state index contributed by atoms with van der Waals surface area (Å²) in [4.78, 5) is 4.82. The highest BCUT2D eigenvalue weighted by molar-refractivity contribution is 14.1. The van der Waals surface area contributed by atoms with Crippen LogP contribution in [0.1, 0.15) is 26.7 Å². The Morgan fingerprint density at radius 1 is 1.53 bits per heavy atom. The molecule has 0 saturated carbocycles. The van der Waals surface area contributed by atoms with E-state index in [-0.39, 0.29) is 5.54 Å². The lowest BCUT2D eigenvalue weighted by Crippen LogP contribution is -2.29. The van der Waals surface area contributed by atoms with Crippen LogP contribution in [0, 0.1) is 3.57 Å². The monoisotopic (exact) mass is 360 g/mol. The first-order chi connectivity index (χ1) is 8.11. The molecule has 0 spiro atoms. The molecule has 1 aromatic rings. The van der Waals surface area contributed by atoms with Crippen LogP contribution in [0.2, 0.25) is 0 Å². The van der Waals surface area contributed by atoms with Crippen molar-refractivity contribution in [2.75, 3.05) is 11.1 Å². The van der Waals surface area contributed by atoms with Crippen molar-refractivity contribution in [3.63, 3.8) is 0 Å². The number of hydrogen-bond acceptors (Lipinski definition) is 3. The molecular formula is C13H17IN2S.